The van der Waals surface area contributed by atoms with Crippen molar-refractivity contribution < 1.29 is 8.78 Å². The molecule has 1 rings (SSSR count). The molecule has 0 fully saturated rings. The topological polar surface area (TPSA) is 12.0 Å². The minimum absolute atomic E-state index is 0.123. The molecule has 0 aliphatic heterocycles. The fourth-order valence-electron chi connectivity index (χ4n) is 1.40. The van der Waals surface area contributed by atoms with Crippen LogP contribution in [0.3, 0.4) is 0 Å². The van der Waals surface area contributed by atoms with E-state index in [1.807, 2.05) is 0 Å². The third-order valence-electron chi connectivity index (χ3n) is 2.57. The Morgan fingerprint density at radius 3 is 2.25 bits per heavy atom. The summed E-state index contributed by atoms with van der Waals surface area (Å²) in [4.78, 5) is 0. The van der Waals surface area contributed by atoms with Crippen LogP contribution < -0.4 is 5.32 Å². The first-order chi connectivity index (χ1) is 7.56. The van der Waals surface area contributed by atoms with Crippen molar-refractivity contribution in [3.63, 3.8) is 0 Å². The van der Waals surface area contributed by atoms with Gasteiger partial charge in [-0.1, -0.05) is 42.5 Å². The van der Waals surface area contributed by atoms with Crippen LogP contribution in [0.1, 0.15) is 19.4 Å². The van der Waals surface area contributed by atoms with Gasteiger partial charge >= 0.3 is 0 Å². The third-order valence-corrected chi connectivity index (χ3v) is 3.52. The summed E-state index contributed by atoms with van der Waals surface area (Å²) < 4.78 is 27.6. The summed E-state index contributed by atoms with van der Waals surface area (Å²) in [5, 5.41) is 3.18. The summed E-state index contributed by atoms with van der Waals surface area (Å²) in [6, 6.07) is 4.23. The van der Waals surface area contributed by atoms with Gasteiger partial charge in [-0.05, 0) is 18.1 Å². The highest BCUT2D eigenvalue weighted by Gasteiger charge is 2.13. The Morgan fingerprint density at radius 1 is 1.25 bits per heavy atom. The van der Waals surface area contributed by atoms with Gasteiger partial charge in [0.2, 0.25) is 0 Å². The molecule has 0 heterocycles. The Bertz CT molecular complexity index is 322. The minimum Gasteiger partial charge on any atom is -0.309 e. The lowest BCUT2D eigenvalue weighted by Gasteiger charge is -2.20. The molecule has 0 aromatic heterocycles. The molecular formula is C12H16F2IN. The number of hydrogen-bond donors (Lipinski definition) is 1. The second-order valence-electron chi connectivity index (χ2n) is 4.09. The lowest BCUT2D eigenvalue weighted by Crippen LogP contribution is -2.35. The van der Waals surface area contributed by atoms with E-state index < -0.39 is 11.6 Å². The molecule has 4 heteroatoms. The van der Waals surface area contributed by atoms with E-state index in [-0.39, 0.29) is 18.2 Å². The number of alkyl halides is 1. The second kappa shape index (κ2) is 6.49. The maximum absolute atomic E-state index is 13.3. The second-order valence-corrected chi connectivity index (χ2v) is 4.97. The first kappa shape index (κ1) is 13.8. The van der Waals surface area contributed by atoms with Gasteiger partial charge in [-0.3, -0.25) is 0 Å². The molecule has 1 aromatic rings. The molecule has 0 amide bonds. The summed E-state index contributed by atoms with van der Waals surface area (Å²) in [5.74, 6) is -0.515. The number of hydrogen-bond acceptors (Lipinski definition) is 1. The SMILES string of the molecule is CC(C)C(CI)NCc1c(F)cccc1F. The van der Waals surface area contributed by atoms with Gasteiger partial charge in [-0.25, -0.2) is 8.78 Å². The molecule has 0 saturated carbocycles. The van der Waals surface area contributed by atoms with Gasteiger partial charge in [-0.2, -0.15) is 0 Å². The Hall–Kier alpha value is -0.230. The highest BCUT2D eigenvalue weighted by atomic mass is 127. The molecule has 1 N–H and O–H groups in total. The van der Waals surface area contributed by atoms with Gasteiger partial charge < -0.3 is 5.32 Å². The summed E-state index contributed by atoms with van der Waals surface area (Å²) >= 11 is 2.27. The molecule has 0 bridgehead atoms. The van der Waals surface area contributed by atoms with Crippen LogP contribution in [0.4, 0.5) is 8.78 Å². The molecule has 0 radical (unpaired) electrons. The van der Waals surface area contributed by atoms with E-state index in [0.717, 1.165) is 4.43 Å². The number of nitrogens with one attached hydrogen (secondary N) is 1. The van der Waals surface area contributed by atoms with E-state index in [1.165, 1.54) is 18.2 Å². The third kappa shape index (κ3) is 3.66. The molecule has 1 atom stereocenters. The zero-order valence-corrected chi connectivity index (χ0v) is 11.6. The van der Waals surface area contributed by atoms with E-state index in [2.05, 4.69) is 41.8 Å². The smallest absolute Gasteiger partial charge is 0.130 e. The number of rotatable bonds is 5. The van der Waals surface area contributed by atoms with Crippen LogP contribution in [0.5, 0.6) is 0 Å². The molecule has 1 aromatic carbocycles. The van der Waals surface area contributed by atoms with Crippen molar-refractivity contribution in [1.29, 1.82) is 0 Å². The molecule has 1 nitrogen and oxygen atoms in total. The fourth-order valence-corrected chi connectivity index (χ4v) is 2.73. The summed E-state index contributed by atoms with van der Waals surface area (Å²) in [7, 11) is 0. The normalized spacial score (nSPS) is 13.1. The Kier molecular flexibility index (Phi) is 5.61. The monoisotopic (exact) mass is 339 g/mol. The molecule has 0 aliphatic rings. The van der Waals surface area contributed by atoms with Gasteiger partial charge in [-0.15, -0.1) is 0 Å². The highest BCUT2D eigenvalue weighted by molar-refractivity contribution is 14.1. The molecular weight excluding hydrogens is 323 g/mol. The van der Waals surface area contributed by atoms with Crippen LogP contribution in [0, 0.1) is 17.6 Å². The first-order valence-corrected chi connectivity index (χ1v) is 6.81. The van der Waals surface area contributed by atoms with Crippen molar-refractivity contribution >= 4 is 22.6 Å². The zero-order chi connectivity index (χ0) is 12.1. The van der Waals surface area contributed by atoms with E-state index >= 15 is 0 Å². The van der Waals surface area contributed by atoms with E-state index in [1.54, 1.807) is 0 Å². The molecule has 0 aliphatic carbocycles. The average Bonchev–Trinajstić information content (AvgIpc) is 2.22. The van der Waals surface area contributed by atoms with Crippen molar-refractivity contribution in [2.45, 2.75) is 26.4 Å². The Labute approximate surface area is 109 Å². The van der Waals surface area contributed by atoms with Crippen LogP contribution >= 0.6 is 22.6 Å². The van der Waals surface area contributed by atoms with Crippen LogP contribution in [0.2, 0.25) is 0 Å². The van der Waals surface area contributed by atoms with Crippen molar-refractivity contribution in [2.24, 2.45) is 5.92 Å². The molecule has 16 heavy (non-hydrogen) atoms. The average molecular weight is 339 g/mol. The quantitative estimate of drug-likeness (QED) is 0.639. The van der Waals surface area contributed by atoms with Gasteiger partial charge in [0.1, 0.15) is 11.6 Å². The first-order valence-electron chi connectivity index (χ1n) is 5.28. The molecule has 90 valence electrons. The summed E-state index contributed by atoms with van der Waals surface area (Å²) in [6.07, 6.45) is 0. The van der Waals surface area contributed by atoms with Crippen LogP contribution in [0.15, 0.2) is 18.2 Å². The van der Waals surface area contributed by atoms with Crippen LogP contribution in [-0.2, 0) is 6.54 Å². The lowest BCUT2D eigenvalue weighted by molar-refractivity contribution is 0.424. The van der Waals surface area contributed by atoms with Crippen LogP contribution in [0.25, 0.3) is 0 Å². The van der Waals surface area contributed by atoms with Crippen molar-refractivity contribution in [2.75, 3.05) is 4.43 Å². The largest absolute Gasteiger partial charge is 0.309 e. The van der Waals surface area contributed by atoms with Gasteiger partial charge in [0.15, 0.2) is 0 Å². The maximum Gasteiger partial charge on any atom is 0.130 e. The van der Waals surface area contributed by atoms with Crippen molar-refractivity contribution in [1.82, 2.24) is 5.32 Å². The standard InChI is InChI=1S/C12H16F2IN/c1-8(2)12(6-15)16-7-9-10(13)4-3-5-11(9)14/h3-5,8,12,16H,6-7H2,1-2H3. The van der Waals surface area contributed by atoms with E-state index in [4.69, 9.17) is 0 Å². The Morgan fingerprint density at radius 2 is 1.81 bits per heavy atom. The molecule has 0 saturated heterocycles. The van der Waals surface area contributed by atoms with Gasteiger partial charge in [0.25, 0.3) is 0 Å². The highest BCUT2D eigenvalue weighted by Crippen LogP contribution is 2.13. The predicted molar refractivity (Wildman–Crippen MR) is 70.7 cm³/mol. The number of halogens is 3. The lowest BCUT2D eigenvalue weighted by atomic mass is 10.1. The maximum atomic E-state index is 13.3. The summed E-state index contributed by atoms with van der Waals surface area (Å²) in [5.41, 5.74) is 0.123. The predicted octanol–water partition coefficient (Wildman–Crippen LogP) is 3.51. The number of benzene rings is 1. The summed E-state index contributed by atoms with van der Waals surface area (Å²) in [6.45, 7) is 4.42. The van der Waals surface area contributed by atoms with Crippen molar-refractivity contribution in [3.8, 4) is 0 Å². The Balaban J connectivity index is 2.67. The minimum atomic E-state index is -0.483. The zero-order valence-electron chi connectivity index (χ0n) is 9.43. The van der Waals surface area contributed by atoms with Crippen molar-refractivity contribution in [3.05, 3.63) is 35.4 Å². The van der Waals surface area contributed by atoms with E-state index in [0.29, 0.717) is 5.92 Å². The van der Waals surface area contributed by atoms with E-state index in [9.17, 15) is 8.78 Å². The van der Waals surface area contributed by atoms with Crippen LogP contribution in [-0.4, -0.2) is 10.5 Å². The fraction of sp³-hybridized carbons (Fsp3) is 0.500. The van der Waals surface area contributed by atoms with Gasteiger partial charge in [0.05, 0.1) is 0 Å². The molecule has 1 unspecified atom stereocenters. The molecule has 0 spiro atoms. The van der Waals surface area contributed by atoms with Gasteiger partial charge in [0, 0.05) is 22.6 Å².